The number of thiophene rings is 1. The first-order valence-electron chi connectivity index (χ1n) is 6.40. The van der Waals surface area contributed by atoms with Crippen LogP contribution in [-0.4, -0.2) is 19.6 Å². The molecule has 0 aliphatic carbocycles. The van der Waals surface area contributed by atoms with Crippen molar-refractivity contribution >= 4 is 28.7 Å². The molecule has 0 fully saturated rings. The Bertz CT molecular complexity index is 582. The van der Waals surface area contributed by atoms with Crippen LogP contribution in [0, 0.1) is 0 Å². The van der Waals surface area contributed by atoms with Crippen LogP contribution in [0.3, 0.4) is 0 Å². The van der Waals surface area contributed by atoms with Gasteiger partial charge in [0.1, 0.15) is 0 Å². The van der Waals surface area contributed by atoms with E-state index in [0.717, 1.165) is 12.2 Å². The molecule has 0 aliphatic heterocycles. The van der Waals surface area contributed by atoms with Crippen LogP contribution in [0.1, 0.15) is 22.8 Å². The van der Waals surface area contributed by atoms with Crippen LogP contribution in [-0.2, 0) is 11.3 Å². The molecule has 0 bridgehead atoms. The summed E-state index contributed by atoms with van der Waals surface area (Å²) < 4.78 is 5.09. The molecule has 5 heteroatoms. The van der Waals surface area contributed by atoms with Crippen molar-refractivity contribution in [2.45, 2.75) is 13.5 Å². The van der Waals surface area contributed by atoms with Gasteiger partial charge in [0, 0.05) is 19.3 Å². The number of nitrogens with zero attached hydrogens (tertiary/aromatic N) is 1. The number of esters is 1. The summed E-state index contributed by atoms with van der Waals surface area (Å²) in [6.07, 6.45) is 0. The Kier molecular flexibility index (Phi) is 4.63. The summed E-state index contributed by atoms with van der Waals surface area (Å²) in [7, 11) is 1.95. The lowest BCUT2D eigenvalue weighted by Gasteiger charge is -2.21. The molecule has 0 atom stereocenters. The predicted octanol–water partition coefficient (Wildman–Crippen LogP) is 3.14. The summed E-state index contributed by atoms with van der Waals surface area (Å²) in [4.78, 5) is 14.0. The number of benzene rings is 1. The van der Waals surface area contributed by atoms with Crippen LogP contribution >= 0.6 is 11.3 Å². The number of hydrogen-bond donors (Lipinski definition) is 1. The van der Waals surface area contributed by atoms with Crippen molar-refractivity contribution in [3.05, 3.63) is 46.2 Å². The van der Waals surface area contributed by atoms with Crippen molar-refractivity contribution in [3.8, 4) is 0 Å². The highest BCUT2D eigenvalue weighted by Gasteiger charge is 2.16. The SMILES string of the molecule is CCOC(=O)c1cc(N)ccc1N(C)Cc1ccsc1. The third-order valence-corrected chi connectivity index (χ3v) is 3.66. The molecular formula is C15H18N2O2S. The van der Waals surface area contributed by atoms with Crippen LogP contribution in [0.2, 0.25) is 0 Å². The lowest BCUT2D eigenvalue weighted by atomic mass is 10.1. The van der Waals surface area contributed by atoms with Gasteiger partial charge < -0.3 is 15.4 Å². The number of hydrogen-bond acceptors (Lipinski definition) is 5. The molecule has 0 unspecified atom stereocenters. The fourth-order valence-electron chi connectivity index (χ4n) is 2.00. The Hall–Kier alpha value is -2.01. The van der Waals surface area contributed by atoms with Crippen molar-refractivity contribution in [1.82, 2.24) is 0 Å². The number of rotatable bonds is 5. The molecule has 2 aromatic rings. The Balaban J connectivity index is 2.27. The van der Waals surface area contributed by atoms with E-state index in [1.165, 1.54) is 5.56 Å². The van der Waals surface area contributed by atoms with E-state index < -0.39 is 0 Å². The second kappa shape index (κ2) is 6.43. The highest BCUT2D eigenvalue weighted by molar-refractivity contribution is 7.07. The Morgan fingerprint density at radius 1 is 1.40 bits per heavy atom. The maximum Gasteiger partial charge on any atom is 0.340 e. The minimum Gasteiger partial charge on any atom is -0.462 e. The standard InChI is InChI=1S/C15H18N2O2S/c1-3-19-15(18)13-8-12(16)4-5-14(13)17(2)9-11-6-7-20-10-11/h4-8,10H,3,9,16H2,1-2H3. The summed E-state index contributed by atoms with van der Waals surface area (Å²) in [5.41, 5.74) is 8.87. The summed E-state index contributed by atoms with van der Waals surface area (Å²) in [5.74, 6) is -0.341. The average molecular weight is 290 g/mol. The van der Waals surface area contributed by atoms with Gasteiger partial charge in [0.2, 0.25) is 0 Å². The normalized spacial score (nSPS) is 10.3. The fraction of sp³-hybridized carbons (Fsp3) is 0.267. The zero-order valence-electron chi connectivity index (χ0n) is 11.6. The number of nitrogen functional groups attached to an aromatic ring is 1. The van der Waals surface area contributed by atoms with E-state index in [1.54, 1.807) is 30.4 Å². The Labute approximate surface area is 122 Å². The summed E-state index contributed by atoms with van der Waals surface area (Å²) in [6.45, 7) is 2.88. The van der Waals surface area contributed by atoms with Gasteiger partial charge >= 0.3 is 5.97 Å². The van der Waals surface area contributed by atoms with Crippen LogP contribution in [0.4, 0.5) is 11.4 Å². The molecule has 0 radical (unpaired) electrons. The van der Waals surface area contributed by atoms with Gasteiger partial charge in [-0.1, -0.05) is 0 Å². The Morgan fingerprint density at radius 3 is 2.85 bits per heavy atom. The van der Waals surface area contributed by atoms with Crippen LogP contribution in [0.5, 0.6) is 0 Å². The molecule has 0 saturated carbocycles. The molecule has 1 aromatic carbocycles. The molecule has 2 rings (SSSR count). The lowest BCUT2D eigenvalue weighted by Crippen LogP contribution is -2.20. The fourth-order valence-corrected chi connectivity index (χ4v) is 2.66. The summed E-state index contributed by atoms with van der Waals surface area (Å²) >= 11 is 1.66. The second-order valence-corrected chi connectivity index (χ2v) is 5.26. The lowest BCUT2D eigenvalue weighted by molar-refractivity contribution is 0.0527. The highest BCUT2D eigenvalue weighted by Crippen LogP contribution is 2.25. The van der Waals surface area contributed by atoms with E-state index in [9.17, 15) is 4.79 Å². The zero-order valence-corrected chi connectivity index (χ0v) is 12.4. The van der Waals surface area contributed by atoms with Crippen molar-refractivity contribution in [3.63, 3.8) is 0 Å². The molecule has 0 amide bonds. The third-order valence-electron chi connectivity index (χ3n) is 2.93. The van der Waals surface area contributed by atoms with Crippen LogP contribution in [0.25, 0.3) is 0 Å². The molecule has 0 aliphatic rings. The van der Waals surface area contributed by atoms with E-state index in [0.29, 0.717) is 17.9 Å². The molecule has 106 valence electrons. The molecule has 1 aromatic heterocycles. The number of carbonyl (C=O) groups is 1. The van der Waals surface area contributed by atoms with Gasteiger partial charge in [0.15, 0.2) is 0 Å². The molecule has 2 N–H and O–H groups in total. The van der Waals surface area contributed by atoms with E-state index in [2.05, 4.69) is 11.4 Å². The van der Waals surface area contributed by atoms with Crippen molar-refractivity contribution in [2.75, 3.05) is 24.3 Å². The second-order valence-electron chi connectivity index (χ2n) is 4.48. The largest absolute Gasteiger partial charge is 0.462 e. The van der Waals surface area contributed by atoms with Gasteiger partial charge in [0.05, 0.1) is 17.9 Å². The van der Waals surface area contributed by atoms with Crippen molar-refractivity contribution in [2.24, 2.45) is 0 Å². The molecule has 0 saturated heterocycles. The smallest absolute Gasteiger partial charge is 0.340 e. The Morgan fingerprint density at radius 2 is 2.20 bits per heavy atom. The zero-order chi connectivity index (χ0) is 14.5. The van der Waals surface area contributed by atoms with Crippen molar-refractivity contribution in [1.29, 1.82) is 0 Å². The quantitative estimate of drug-likeness (QED) is 0.679. The van der Waals surface area contributed by atoms with Gasteiger partial charge in [-0.3, -0.25) is 0 Å². The van der Waals surface area contributed by atoms with Gasteiger partial charge in [-0.15, -0.1) is 0 Å². The minimum atomic E-state index is -0.341. The van der Waals surface area contributed by atoms with E-state index >= 15 is 0 Å². The van der Waals surface area contributed by atoms with Gasteiger partial charge in [-0.05, 0) is 47.5 Å². The highest BCUT2D eigenvalue weighted by atomic mass is 32.1. The first-order chi connectivity index (χ1) is 9.61. The molecule has 0 spiro atoms. The molecular weight excluding hydrogens is 272 g/mol. The van der Waals surface area contributed by atoms with E-state index in [4.69, 9.17) is 10.5 Å². The third kappa shape index (κ3) is 3.30. The maximum atomic E-state index is 12.0. The van der Waals surface area contributed by atoms with Gasteiger partial charge in [0.25, 0.3) is 0 Å². The van der Waals surface area contributed by atoms with Crippen LogP contribution < -0.4 is 10.6 Å². The first-order valence-corrected chi connectivity index (χ1v) is 7.35. The van der Waals surface area contributed by atoms with E-state index in [1.807, 2.05) is 23.4 Å². The maximum absolute atomic E-state index is 12.0. The minimum absolute atomic E-state index is 0.341. The van der Waals surface area contributed by atoms with Gasteiger partial charge in [-0.25, -0.2) is 4.79 Å². The predicted molar refractivity (Wildman–Crippen MR) is 83.2 cm³/mol. The van der Waals surface area contributed by atoms with Gasteiger partial charge in [-0.2, -0.15) is 11.3 Å². The van der Waals surface area contributed by atoms with Crippen LogP contribution in [0.15, 0.2) is 35.0 Å². The topological polar surface area (TPSA) is 55.6 Å². The van der Waals surface area contributed by atoms with Crippen molar-refractivity contribution < 1.29 is 9.53 Å². The summed E-state index contributed by atoms with van der Waals surface area (Å²) in [6, 6.07) is 7.39. The van der Waals surface area contributed by atoms with E-state index in [-0.39, 0.29) is 5.97 Å². The number of nitrogens with two attached hydrogens (primary N) is 1. The number of ether oxygens (including phenoxy) is 1. The first kappa shape index (κ1) is 14.4. The monoisotopic (exact) mass is 290 g/mol. The molecule has 20 heavy (non-hydrogen) atoms. The molecule has 1 heterocycles. The number of anilines is 2. The number of carbonyl (C=O) groups excluding carboxylic acids is 1. The molecule has 4 nitrogen and oxygen atoms in total. The summed E-state index contributed by atoms with van der Waals surface area (Å²) in [5, 5.41) is 4.14. The average Bonchev–Trinajstić information content (AvgIpc) is 2.91.